The van der Waals surface area contributed by atoms with E-state index < -0.39 is 0 Å². The quantitative estimate of drug-likeness (QED) is 0.340. The number of rotatable bonds is 5. The second kappa shape index (κ2) is 10.6. The lowest BCUT2D eigenvalue weighted by Gasteiger charge is -2.40. The van der Waals surface area contributed by atoms with Gasteiger partial charge in [0.25, 0.3) is 11.8 Å². The zero-order chi connectivity index (χ0) is 27.8. The summed E-state index contributed by atoms with van der Waals surface area (Å²) in [6.45, 7) is 3.68. The van der Waals surface area contributed by atoms with Crippen molar-refractivity contribution >= 4 is 28.9 Å². The number of nitrogens with zero attached hydrogens (tertiary/aromatic N) is 3. The van der Waals surface area contributed by atoms with Crippen LogP contribution in [0.15, 0.2) is 97.1 Å². The molecule has 0 radical (unpaired) electrons. The minimum atomic E-state index is -0.183. The average Bonchev–Trinajstić information content (AvgIpc) is 3.42. The summed E-state index contributed by atoms with van der Waals surface area (Å²) in [5.41, 5.74) is 6.98. The van der Waals surface area contributed by atoms with Crippen molar-refractivity contribution in [3.05, 3.63) is 114 Å². The van der Waals surface area contributed by atoms with Crippen LogP contribution in [0.4, 0.5) is 17.1 Å². The highest BCUT2D eigenvalue weighted by Gasteiger charge is 2.40. The second-order valence-electron chi connectivity index (χ2n) is 11.0. The van der Waals surface area contributed by atoms with Gasteiger partial charge in [0.05, 0.1) is 11.4 Å². The van der Waals surface area contributed by atoms with Gasteiger partial charge in [-0.15, -0.1) is 0 Å². The van der Waals surface area contributed by atoms with Crippen molar-refractivity contribution < 1.29 is 9.59 Å². The Bertz CT molecular complexity index is 1550. The SMILES string of the molecule is Cc1ccc(-c2ccccc2C(=O)Nc2ccc(C(=O)N3C[C@H]4CC(N(C)C)CN4c4ccccc43)cc2)cc1. The van der Waals surface area contributed by atoms with Gasteiger partial charge in [0.2, 0.25) is 0 Å². The molecule has 0 bridgehead atoms. The Morgan fingerprint density at radius 1 is 0.800 bits per heavy atom. The third kappa shape index (κ3) is 4.87. The number of fused-ring (bicyclic) bond motifs is 3. The molecule has 6 heteroatoms. The van der Waals surface area contributed by atoms with Crippen molar-refractivity contribution in [2.24, 2.45) is 0 Å². The van der Waals surface area contributed by atoms with Crippen LogP contribution in [-0.4, -0.2) is 56.0 Å². The molecule has 1 N–H and O–H groups in total. The minimum Gasteiger partial charge on any atom is -0.363 e. The van der Waals surface area contributed by atoms with Crippen LogP contribution in [0.5, 0.6) is 0 Å². The van der Waals surface area contributed by atoms with Gasteiger partial charge >= 0.3 is 0 Å². The van der Waals surface area contributed by atoms with Crippen molar-refractivity contribution in [2.75, 3.05) is 42.3 Å². The summed E-state index contributed by atoms with van der Waals surface area (Å²) in [7, 11) is 4.25. The molecule has 0 aliphatic carbocycles. The number of amides is 2. The predicted octanol–water partition coefficient (Wildman–Crippen LogP) is 6.08. The third-order valence-corrected chi connectivity index (χ3v) is 8.17. The van der Waals surface area contributed by atoms with Crippen molar-refractivity contribution in [2.45, 2.75) is 25.4 Å². The molecule has 0 spiro atoms. The molecule has 202 valence electrons. The topological polar surface area (TPSA) is 55.9 Å². The Kier molecular flexibility index (Phi) is 6.86. The highest BCUT2D eigenvalue weighted by molar-refractivity contribution is 6.10. The number of likely N-dealkylation sites (N-methyl/N-ethyl adjacent to an activating group) is 1. The molecule has 6 nitrogen and oxygen atoms in total. The number of aryl methyl sites for hydroxylation is 1. The van der Waals surface area contributed by atoms with Gasteiger partial charge in [0, 0.05) is 42.0 Å². The minimum absolute atomic E-state index is 0.0250. The van der Waals surface area contributed by atoms with Crippen molar-refractivity contribution in [3.63, 3.8) is 0 Å². The Morgan fingerprint density at radius 3 is 2.20 bits per heavy atom. The van der Waals surface area contributed by atoms with Gasteiger partial charge < -0.3 is 20.0 Å². The van der Waals surface area contributed by atoms with E-state index in [2.05, 4.69) is 35.3 Å². The largest absolute Gasteiger partial charge is 0.363 e. The lowest BCUT2D eigenvalue weighted by Crippen LogP contribution is -2.48. The number of para-hydroxylation sites is 2. The first-order valence-corrected chi connectivity index (χ1v) is 13.8. The van der Waals surface area contributed by atoms with Crippen molar-refractivity contribution in [3.8, 4) is 11.1 Å². The average molecular weight is 531 g/mol. The van der Waals surface area contributed by atoms with Crippen LogP contribution in [0, 0.1) is 6.92 Å². The molecule has 2 amide bonds. The van der Waals surface area contributed by atoms with E-state index in [0.29, 0.717) is 35.4 Å². The lowest BCUT2D eigenvalue weighted by atomic mass is 9.98. The number of hydrogen-bond donors (Lipinski definition) is 1. The van der Waals surface area contributed by atoms with Crippen LogP contribution < -0.4 is 15.1 Å². The van der Waals surface area contributed by atoms with E-state index in [1.807, 2.05) is 78.6 Å². The molecule has 1 unspecified atom stereocenters. The van der Waals surface area contributed by atoms with Crippen LogP contribution >= 0.6 is 0 Å². The zero-order valence-corrected chi connectivity index (χ0v) is 23.2. The van der Waals surface area contributed by atoms with E-state index >= 15 is 0 Å². The summed E-state index contributed by atoms with van der Waals surface area (Å²) < 4.78 is 0. The molecule has 2 aliphatic heterocycles. The molecule has 40 heavy (non-hydrogen) atoms. The zero-order valence-electron chi connectivity index (χ0n) is 23.2. The van der Waals surface area contributed by atoms with E-state index in [1.165, 1.54) is 5.56 Å². The van der Waals surface area contributed by atoms with Gasteiger partial charge in [-0.1, -0.05) is 60.2 Å². The third-order valence-electron chi connectivity index (χ3n) is 8.17. The molecule has 1 fully saturated rings. The first-order chi connectivity index (χ1) is 19.4. The first-order valence-electron chi connectivity index (χ1n) is 13.8. The summed E-state index contributed by atoms with van der Waals surface area (Å²) in [6, 6.07) is 31.9. The van der Waals surface area contributed by atoms with Crippen molar-refractivity contribution in [1.29, 1.82) is 0 Å². The van der Waals surface area contributed by atoms with Crippen molar-refractivity contribution in [1.82, 2.24) is 4.90 Å². The smallest absolute Gasteiger partial charge is 0.258 e. The summed E-state index contributed by atoms with van der Waals surface area (Å²) in [5.74, 6) is -0.208. The fourth-order valence-corrected chi connectivity index (χ4v) is 5.89. The fourth-order valence-electron chi connectivity index (χ4n) is 5.89. The molecular formula is C34H34N4O2. The normalized spacial score (nSPS) is 17.9. The van der Waals surface area contributed by atoms with Gasteiger partial charge in [-0.2, -0.15) is 0 Å². The standard InChI is InChI=1S/C34H34N4O2/c1-23-12-14-24(15-13-23)29-8-4-5-9-30(29)33(39)35-26-18-16-25(17-19-26)34(40)38-22-28-20-27(36(2)3)21-37(28)31-10-6-7-11-32(31)38/h4-19,27-28H,20-22H2,1-3H3,(H,35,39)/t27?,28-/m1/s1. The van der Waals surface area contributed by atoms with Gasteiger partial charge in [0.1, 0.15) is 0 Å². The second-order valence-corrected chi connectivity index (χ2v) is 11.0. The Balaban J connectivity index is 1.20. The number of carbonyl (C=O) groups is 2. The number of hydrogen-bond acceptors (Lipinski definition) is 4. The predicted molar refractivity (Wildman–Crippen MR) is 162 cm³/mol. The maximum Gasteiger partial charge on any atom is 0.258 e. The van der Waals surface area contributed by atoms with E-state index in [-0.39, 0.29) is 11.8 Å². The monoisotopic (exact) mass is 530 g/mol. The van der Waals surface area contributed by atoms with Gasteiger partial charge in [-0.3, -0.25) is 9.59 Å². The van der Waals surface area contributed by atoms with Gasteiger partial charge in [-0.05, 0) is 81.0 Å². The molecular weight excluding hydrogens is 496 g/mol. The summed E-state index contributed by atoms with van der Waals surface area (Å²) in [6.07, 6.45) is 1.03. The van der Waals surface area contributed by atoms with Gasteiger partial charge in [0.15, 0.2) is 0 Å². The molecule has 2 atom stereocenters. The first kappa shape index (κ1) is 25.8. The molecule has 2 aliphatic rings. The summed E-state index contributed by atoms with van der Waals surface area (Å²) in [4.78, 5) is 33.7. The number of anilines is 3. The van der Waals surface area contributed by atoms with Crippen LogP contribution in [0.1, 0.15) is 32.7 Å². The molecule has 4 aromatic carbocycles. The Hall–Kier alpha value is -4.42. The summed E-state index contributed by atoms with van der Waals surface area (Å²) >= 11 is 0. The highest BCUT2D eigenvalue weighted by Crippen LogP contribution is 2.40. The molecule has 6 rings (SSSR count). The van der Waals surface area contributed by atoms with E-state index in [1.54, 1.807) is 24.3 Å². The molecule has 4 aromatic rings. The Labute approximate surface area is 235 Å². The Morgan fingerprint density at radius 2 is 1.48 bits per heavy atom. The number of nitrogens with one attached hydrogen (secondary N) is 1. The van der Waals surface area contributed by atoms with Crippen LogP contribution in [0.25, 0.3) is 11.1 Å². The van der Waals surface area contributed by atoms with Crippen LogP contribution in [0.2, 0.25) is 0 Å². The van der Waals surface area contributed by atoms with Crippen LogP contribution in [0.3, 0.4) is 0 Å². The lowest BCUT2D eigenvalue weighted by molar-refractivity contribution is 0.0983. The van der Waals surface area contributed by atoms with Gasteiger partial charge in [-0.25, -0.2) is 0 Å². The summed E-state index contributed by atoms with van der Waals surface area (Å²) in [5, 5.41) is 3.01. The molecule has 0 aromatic heterocycles. The number of benzene rings is 4. The molecule has 2 heterocycles. The van der Waals surface area contributed by atoms with E-state index in [4.69, 9.17) is 0 Å². The maximum absolute atomic E-state index is 13.8. The molecule has 1 saturated heterocycles. The fraction of sp³-hybridized carbons (Fsp3) is 0.235. The van der Waals surface area contributed by atoms with Crippen LogP contribution in [-0.2, 0) is 0 Å². The highest BCUT2D eigenvalue weighted by atomic mass is 16.2. The number of carbonyl (C=O) groups excluding carboxylic acids is 2. The van der Waals surface area contributed by atoms with E-state index in [0.717, 1.165) is 35.5 Å². The van der Waals surface area contributed by atoms with E-state index in [9.17, 15) is 9.59 Å². The molecule has 0 saturated carbocycles. The maximum atomic E-state index is 13.8.